The number of hydrogen-bond donors (Lipinski definition) is 3. The number of nitrogens with zero attached hydrogens (tertiary/aromatic N) is 1. The van der Waals surface area contributed by atoms with Gasteiger partial charge in [-0.25, -0.2) is 4.79 Å². The lowest BCUT2D eigenvalue weighted by molar-refractivity contribution is -0.142. The Kier molecular flexibility index (Phi) is 5.73. The van der Waals surface area contributed by atoms with E-state index in [4.69, 9.17) is 14.6 Å². The predicted molar refractivity (Wildman–Crippen MR) is 66.9 cm³/mol. The third kappa shape index (κ3) is 4.39. The van der Waals surface area contributed by atoms with E-state index in [1.807, 2.05) is 0 Å². The van der Waals surface area contributed by atoms with E-state index in [-0.39, 0.29) is 25.3 Å². The van der Waals surface area contributed by atoms with E-state index in [0.717, 1.165) is 4.90 Å². The fourth-order valence-electron chi connectivity index (χ4n) is 1.50. The maximum absolute atomic E-state index is 11.8. The van der Waals surface area contributed by atoms with E-state index in [9.17, 15) is 14.4 Å². The fourth-order valence-corrected chi connectivity index (χ4v) is 1.50. The Balaban J connectivity index is 2.53. The zero-order valence-electron chi connectivity index (χ0n) is 10.9. The van der Waals surface area contributed by atoms with Gasteiger partial charge in [-0.1, -0.05) is 0 Å². The number of carboxylic acids is 1. The van der Waals surface area contributed by atoms with Crippen molar-refractivity contribution in [3.63, 3.8) is 0 Å². The van der Waals surface area contributed by atoms with E-state index >= 15 is 0 Å². The molecule has 0 bridgehead atoms. The monoisotopic (exact) mass is 284 g/mol. The summed E-state index contributed by atoms with van der Waals surface area (Å²) in [5, 5.41) is 19.8. The summed E-state index contributed by atoms with van der Waals surface area (Å²) in [4.78, 5) is 35.3. The van der Waals surface area contributed by atoms with Crippen molar-refractivity contribution in [2.75, 3.05) is 20.2 Å². The summed E-state index contributed by atoms with van der Waals surface area (Å²) < 4.78 is 4.91. The van der Waals surface area contributed by atoms with Crippen LogP contribution in [0.3, 0.4) is 0 Å². The summed E-state index contributed by atoms with van der Waals surface area (Å²) in [5.74, 6) is -2.27. The van der Waals surface area contributed by atoms with Crippen LogP contribution in [-0.2, 0) is 9.59 Å². The largest absolute Gasteiger partial charge is 0.480 e. The standard InChI is InChI=1S/C12H16N2O6/c1-14(11(17)9-3-2-6-20-9)7-10(16)13-8(4-5-15)12(18)19/h2-3,6,8,15H,4-5,7H2,1H3,(H,13,16)(H,18,19)/t8-/m0/s1. The molecule has 3 N–H and O–H groups in total. The maximum atomic E-state index is 11.8. The molecule has 2 amide bonds. The number of aliphatic carboxylic acids is 1. The Labute approximate surface area is 115 Å². The molecule has 20 heavy (non-hydrogen) atoms. The quantitative estimate of drug-likeness (QED) is 0.609. The van der Waals surface area contributed by atoms with Crippen LogP contribution in [0.1, 0.15) is 17.0 Å². The number of carbonyl (C=O) groups excluding carboxylic acids is 2. The van der Waals surface area contributed by atoms with E-state index in [0.29, 0.717) is 0 Å². The molecule has 1 atom stereocenters. The van der Waals surface area contributed by atoms with Crippen molar-refractivity contribution < 1.29 is 29.0 Å². The molecule has 0 aliphatic rings. The second-order valence-electron chi connectivity index (χ2n) is 4.11. The summed E-state index contributed by atoms with van der Waals surface area (Å²) in [6, 6.07) is 1.82. The number of likely N-dealkylation sites (N-methyl/N-ethyl adjacent to an activating group) is 1. The summed E-state index contributed by atoms with van der Waals surface area (Å²) in [6.45, 7) is -0.673. The molecule has 0 spiro atoms. The van der Waals surface area contributed by atoms with Crippen molar-refractivity contribution in [3.05, 3.63) is 24.2 Å². The van der Waals surface area contributed by atoms with Crippen LogP contribution in [-0.4, -0.2) is 59.1 Å². The van der Waals surface area contributed by atoms with Crippen molar-refractivity contribution in [2.24, 2.45) is 0 Å². The van der Waals surface area contributed by atoms with Gasteiger partial charge in [0.2, 0.25) is 5.91 Å². The highest BCUT2D eigenvalue weighted by molar-refractivity contribution is 5.94. The molecular weight excluding hydrogens is 268 g/mol. The minimum Gasteiger partial charge on any atom is -0.480 e. The van der Waals surface area contributed by atoms with Crippen LogP contribution >= 0.6 is 0 Å². The van der Waals surface area contributed by atoms with Gasteiger partial charge in [0.1, 0.15) is 6.04 Å². The average Bonchev–Trinajstić information content (AvgIpc) is 2.90. The predicted octanol–water partition coefficient (Wildman–Crippen LogP) is -0.697. The molecule has 0 aliphatic heterocycles. The van der Waals surface area contributed by atoms with Crippen LogP contribution in [0.5, 0.6) is 0 Å². The number of carbonyl (C=O) groups is 3. The zero-order chi connectivity index (χ0) is 15.1. The van der Waals surface area contributed by atoms with Gasteiger partial charge in [-0.2, -0.15) is 0 Å². The van der Waals surface area contributed by atoms with Crippen molar-refractivity contribution in [2.45, 2.75) is 12.5 Å². The molecule has 1 aromatic heterocycles. The number of aliphatic hydroxyl groups excluding tert-OH is 1. The molecular formula is C12H16N2O6. The highest BCUT2D eigenvalue weighted by atomic mass is 16.4. The first-order chi connectivity index (χ1) is 9.45. The minimum atomic E-state index is -1.24. The molecule has 0 saturated heterocycles. The topological polar surface area (TPSA) is 120 Å². The minimum absolute atomic E-state index is 0.0884. The van der Waals surface area contributed by atoms with E-state index in [1.54, 1.807) is 6.07 Å². The van der Waals surface area contributed by atoms with E-state index in [1.165, 1.54) is 19.4 Å². The lowest BCUT2D eigenvalue weighted by atomic mass is 10.2. The summed E-state index contributed by atoms with van der Waals surface area (Å²) in [6.07, 6.45) is 1.24. The lowest BCUT2D eigenvalue weighted by Gasteiger charge is -2.18. The molecule has 0 saturated carbocycles. The Morgan fingerprint density at radius 3 is 2.65 bits per heavy atom. The second-order valence-corrected chi connectivity index (χ2v) is 4.11. The Morgan fingerprint density at radius 2 is 2.15 bits per heavy atom. The average molecular weight is 284 g/mol. The highest BCUT2D eigenvalue weighted by Gasteiger charge is 2.22. The first-order valence-electron chi connectivity index (χ1n) is 5.87. The van der Waals surface area contributed by atoms with Gasteiger partial charge in [-0.05, 0) is 12.1 Å². The molecule has 110 valence electrons. The molecule has 1 heterocycles. The molecule has 0 aliphatic carbocycles. The number of carboxylic acid groups (broad SMARTS) is 1. The van der Waals surface area contributed by atoms with Gasteiger partial charge in [-0.15, -0.1) is 0 Å². The van der Waals surface area contributed by atoms with E-state index < -0.39 is 23.8 Å². The highest BCUT2D eigenvalue weighted by Crippen LogP contribution is 2.03. The summed E-state index contributed by atoms with van der Waals surface area (Å²) in [5.41, 5.74) is 0. The van der Waals surface area contributed by atoms with Crippen LogP contribution in [0.25, 0.3) is 0 Å². The smallest absolute Gasteiger partial charge is 0.326 e. The lowest BCUT2D eigenvalue weighted by Crippen LogP contribution is -2.46. The third-order valence-electron chi connectivity index (χ3n) is 2.51. The summed E-state index contributed by atoms with van der Waals surface area (Å²) in [7, 11) is 1.40. The Hall–Kier alpha value is -2.35. The second kappa shape index (κ2) is 7.29. The number of nitrogens with one attached hydrogen (secondary N) is 1. The molecule has 1 aromatic rings. The molecule has 8 nitrogen and oxygen atoms in total. The van der Waals surface area contributed by atoms with Crippen molar-refractivity contribution in [3.8, 4) is 0 Å². The van der Waals surface area contributed by atoms with Crippen molar-refractivity contribution in [1.29, 1.82) is 0 Å². The van der Waals surface area contributed by atoms with Crippen LogP contribution < -0.4 is 5.32 Å². The number of furan rings is 1. The van der Waals surface area contributed by atoms with Crippen molar-refractivity contribution in [1.82, 2.24) is 10.2 Å². The molecule has 8 heteroatoms. The Morgan fingerprint density at radius 1 is 1.45 bits per heavy atom. The SMILES string of the molecule is CN(CC(=O)N[C@@H](CCO)C(=O)O)C(=O)c1ccco1. The third-order valence-corrected chi connectivity index (χ3v) is 2.51. The van der Waals surface area contributed by atoms with Gasteiger partial charge in [0.25, 0.3) is 5.91 Å². The fraction of sp³-hybridized carbons (Fsp3) is 0.417. The summed E-state index contributed by atoms with van der Waals surface area (Å²) >= 11 is 0. The number of hydrogen-bond acceptors (Lipinski definition) is 5. The molecule has 1 rings (SSSR count). The first kappa shape index (κ1) is 15.7. The molecule has 0 unspecified atom stereocenters. The molecule has 0 fully saturated rings. The Bertz CT molecular complexity index is 470. The van der Waals surface area contributed by atoms with Gasteiger partial charge in [-0.3, -0.25) is 9.59 Å². The maximum Gasteiger partial charge on any atom is 0.326 e. The number of aliphatic hydroxyl groups is 1. The normalized spacial score (nSPS) is 11.7. The van der Waals surface area contributed by atoms with Gasteiger partial charge >= 0.3 is 5.97 Å². The zero-order valence-corrected chi connectivity index (χ0v) is 10.9. The number of rotatable bonds is 7. The van der Waals surface area contributed by atoms with Gasteiger partial charge in [0, 0.05) is 20.1 Å². The van der Waals surface area contributed by atoms with Gasteiger partial charge in [0.05, 0.1) is 12.8 Å². The van der Waals surface area contributed by atoms with Crippen LogP contribution in [0.4, 0.5) is 0 Å². The first-order valence-corrected chi connectivity index (χ1v) is 5.87. The molecule has 0 radical (unpaired) electrons. The van der Waals surface area contributed by atoms with Crippen LogP contribution in [0, 0.1) is 0 Å². The number of amides is 2. The van der Waals surface area contributed by atoms with Gasteiger partial charge in [0.15, 0.2) is 5.76 Å². The van der Waals surface area contributed by atoms with E-state index in [2.05, 4.69) is 5.32 Å². The molecule has 0 aromatic carbocycles. The van der Waals surface area contributed by atoms with Crippen molar-refractivity contribution >= 4 is 17.8 Å². The van der Waals surface area contributed by atoms with Gasteiger partial charge < -0.3 is 24.8 Å². The van der Waals surface area contributed by atoms with Crippen LogP contribution in [0.2, 0.25) is 0 Å². The van der Waals surface area contributed by atoms with Crippen LogP contribution in [0.15, 0.2) is 22.8 Å².